The fourth-order valence-corrected chi connectivity index (χ4v) is 4.61. The van der Waals surface area contributed by atoms with E-state index >= 15 is 0 Å². The highest BCUT2D eigenvalue weighted by Gasteiger charge is 2.28. The van der Waals surface area contributed by atoms with Crippen LogP contribution in [-0.2, 0) is 10.2 Å². The van der Waals surface area contributed by atoms with Crippen LogP contribution in [0.5, 0.6) is 0 Å². The van der Waals surface area contributed by atoms with Crippen molar-refractivity contribution in [3.05, 3.63) is 35.9 Å². The third kappa shape index (κ3) is 3.51. The van der Waals surface area contributed by atoms with E-state index in [9.17, 15) is 8.42 Å². The summed E-state index contributed by atoms with van der Waals surface area (Å²) in [4.78, 5) is 0. The van der Waals surface area contributed by atoms with E-state index < -0.39 is 10.2 Å². The Morgan fingerprint density at radius 2 is 1.89 bits per heavy atom. The summed E-state index contributed by atoms with van der Waals surface area (Å²) in [6.07, 6.45) is 0.863. The summed E-state index contributed by atoms with van der Waals surface area (Å²) in [6, 6.07) is 10.3. The van der Waals surface area contributed by atoms with Gasteiger partial charge in [0.05, 0.1) is 0 Å². The lowest BCUT2D eigenvalue weighted by Crippen LogP contribution is -2.41. The molecule has 0 saturated carbocycles. The second-order valence-electron chi connectivity index (χ2n) is 4.75. The van der Waals surface area contributed by atoms with Crippen LogP contribution in [0.1, 0.15) is 17.2 Å². The van der Waals surface area contributed by atoms with Gasteiger partial charge in [0, 0.05) is 38.2 Å². The Kier molecular flexibility index (Phi) is 4.89. The van der Waals surface area contributed by atoms with Gasteiger partial charge in [-0.2, -0.15) is 28.8 Å². The fraction of sp³-hybridized carbons (Fsp3) is 0.538. The van der Waals surface area contributed by atoms with Gasteiger partial charge < -0.3 is 0 Å². The molecule has 0 amide bonds. The van der Waals surface area contributed by atoms with Gasteiger partial charge in [0.15, 0.2) is 0 Å². The molecule has 19 heavy (non-hydrogen) atoms. The summed E-state index contributed by atoms with van der Waals surface area (Å²) in [7, 11) is -0.105. The van der Waals surface area contributed by atoms with E-state index in [1.54, 1.807) is 18.4 Å². The number of nitrogens with zero attached hydrogens (tertiary/aromatic N) is 2. The van der Waals surface area contributed by atoms with Crippen molar-refractivity contribution in [1.82, 2.24) is 8.61 Å². The van der Waals surface area contributed by atoms with Gasteiger partial charge in [-0.25, -0.2) is 0 Å². The topological polar surface area (TPSA) is 40.6 Å². The van der Waals surface area contributed by atoms with Crippen LogP contribution in [0, 0.1) is 0 Å². The maximum atomic E-state index is 12.1. The van der Waals surface area contributed by atoms with Gasteiger partial charge in [-0.15, -0.1) is 0 Å². The van der Waals surface area contributed by atoms with Crippen molar-refractivity contribution < 1.29 is 8.42 Å². The molecule has 2 rings (SSSR count). The second-order valence-corrected chi connectivity index (χ2v) is 8.20. The predicted molar refractivity (Wildman–Crippen MR) is 80.4 cm³/mol. The SMILES string of the molecule is CN(C)S(=O)(=O)N1CCS[C@@H](c2ccccc2)CC1. The molecule has 1 fully saturated rings. The Morgan fingerprint density at radius 1 is 1.21 bits per heavy atom. The third-order valence-electron chi connectivity index (χ3n) is 3.26. The van der Waals surface area contributed by atoms with Gasteiger partial charge >= 0.3 is 0 Å². The van der Waals surface area contributed by atoms with Crippen molar-refractivity contribution in [2.45, 2.75) is 11.7 Å². The highest BCUT2D eigenvalue weighted by Crippen LogP contribution is 2.34. The van der Waals surface area contributed by atoms with Crippen LogP contribution in [0.25, 0.3) is 0 Å². The Labute approximate surface area is 120 Å². The summed E-state index contributed by atoms with van der Waals surface area (Å²) < 4.78 is 27.1. The largest absolute Gasteiger partial charge is 0.281 e. The molecule has 1 aromatic carbocycles. The van der Waals surface area contributed by atoms with E-state index in [1.165, 1.54) is 9.87 Å². The van der Waals surface area contributed by atoms with Gasteiger partial charge in [-0.1, -0.05) is 30.3 Å². The predicted octanol–water partition coefficient (Wildman–Crippen LogP) is 1.97. The fourth-order valence-electron chi connectivity index (χ4n) is 2.15. The molecule has 0 radical (unpaired) electrons. The highest BCUT2D eigenvalue weighted by atomic mass is 32.2. The molecule has 106 valence electrons. The molecule has 1 aliphatic heterocycles. The minimum Gasteiger partial charge on any atom is -0.195 e. The van der Waals surface area contributed by atoms with Crippen LogP contribution < -0.4 is 0 Å². The van der Waals surface area contributed by atoms with Gasteiger partial charge in [0.1, 0.15) is 0 Å². The molecule has 1 aliphatic rings. The van der Waals surface area contributed by atoms with E-state index in [2.05, 4.69) is 12.1 Å². The van der Waals surface area contributed by atoms with Crippen molar-refractivity contribution in [1.29, 1.82) is 0 Å². The molecule has 0 bridgehead atoms. The Hall–Kier alpha value is -0.560. The molecule has 1 aromatic rings. The number of rotatable bonds is 3. The zero-order valence-electron chi connectivity index (χ0n) is 11.3. The minimum atomic E-state index is -3.28. The van der Waals surface area contributed by atoms with Crippen LogP contribution in [-0.4, -0.2) is 50.0 Å². The molecule has 0 aliphatic carbocycles. The molecule has 1 atom stereocenters. The number of benzene rings is 1. The average Bonchev–Trinajstić information content (AvgIpc) is 2.65. The van der Waals surface area contributed by atoms with Gasteiger partial charge in [0.2, 0.25) is 0 Å². The van der Waals surface area contributed by atoms with E-state index in [1.807, 2.05) is 30.0 Å². The van der Waals surface area contributed by atoms with Crippen molar-refractivity contribution in [2.75, 3.05) is 32.9 Å². The molecule has 0 N–H and O–H groups in total. The minimum absolute atomic E-state index is 0.392. The van der Waals surface area contributed by atoms with E-state index in [0.29, 0.717) is 18.3 Å². The van der Waals surface area contributed by atoms with Gasteiger partial charge in [-0.3, -0.25) is 0 Å². The quantitative estimate of drug-likeness (QED) is 0.857. The zero-order valence-corrected chi connectivity index (χ0v) is 13.0. The molecule has 6 heteroatoms. The molecule has 0 aromatic heterocycles. The average molecular weight is 300 g/mol. The first-order valence-corrected chi connectivity index (χ1v) is 8.80. The summed E-state index contributed by atoms with van der Waals surface area (Å²) in [5.74, 6) is 0.840. The monoisotopic (exact) mass is 300 g/mol. The van der Waals surface area contributed by atoms with Crippen LogP contribution >= 0.6 is 11.8 Å². The van der Waals surface area contributed by atoms with E-state index in [0.717, 1.165) is 12.2 Å². The van der Waals surface area contributed by atoms with Crippen LogP contribution in [0.2, 0.25) is 0 Å². The zero-order chi connectivity index (χ0) is 13.9. The molecular formula is C13H20N2O2S2. The van der Waals surface area contributed by atoms with E-state index in [4.69, 9.17) is 0 Å². The second kappa shape index (κ2) is 6.26. The lowest BCUT2D eigenvalue weighted by Gasteiger charge is -2.23. The van der Waals surface area contributed by atoms with Crippen molar-refractivity contribution in [3.63, 3.8) is 0 Å². The molecular weight excluding hydrogens is 280 g/mol. The summed E-state index contributed by atoms with van der Waals surface area (Å²) in [5.41, 5.74) is 1.29. The lowest BCUT2D eigenvalue weighted by atomic mass is 10.1. The molecule has 0 unspecified atom stereocenters. The standard InChI is InChI=1S/C13H20N2O2S2/c1-14(2)19(16,17)15-9-8-13(18-11-10-15)12-6-4-3-5-7-12/h3-7,13H,8-11H2,1-2H3/t13-/m1/s1. The van der Waals surface area contributed by atoms with Crippen LogP contribution in [0.4, 0.5) is 0 Å². The normalized spacial score (nSPS) is 22.4. The third-order valence-corrected chi connectivity index (χ3v) is 6.53. The first-order valence-electron chi connectivity index (χ1n) is 6.36. The van der Waals surface area contributed by atoms with Crippen LogP contribution in [0.15, 0.2) is 30.3 Å². The number of thioether (sulfide) groups is 1. The summed E-state index contributed by atoms with van der Waals surface area (Å²) in [5, 5.41) is 0.392. The van der Waals surface area contributed by atoms with E-state index in [-0.39, 0.29) is 0 Å². The Bertz CT molecular complexity index is 503. The summed E-state index contributed by atoms with van der Waals surface area (Å²) >= 11 is 1.84. The highest BCUT2D eigenvalue weighted by molar-refractivity contribution is 7.99. The number of hydrogen-bond donors (Lipinski definition) is 0. The van der Waals surface area contributed by atoms with Crippen molar-refractivity contribution in [3.8, 4) is 0 Å². The first kappa shape index (κ1) is 14.8. The first-order chi connectivity index (χ1) is 9.01. The van der Waals surface area contributed by atoms with Gasteiger partial charge in [0.25, 0.3) is 10.2 Å². The lowest BCUT2D eigenvalue weighted by molar-refractivity contribution is 0.387. The van der Waals surface area contributed by atoms with Crippen LogP contribution in [0.3, 0.4) is 0 Å². The Balaban J connectivity index is 2.07. The molecule has 0 spiro atoms. The van der Waals surface area contributed by atoms with Crippen molar-refractivity contribution in [2.24, 2.45) is 0 Å². The summed E-state index contributed by atoms with van der Waals surface area (Å²) in [6.45, 7) is 1.18. The van der Waals surface area contributed by atoms with Crippen molar-refractivity contribution >= 4 is 22.0 Å². The molecule has 4 nitrogen and oxygen atoms in total. The molecule has 1 heterocycles. The Morgan fingerprint density at radius 3 is 2.53 bits per heavy atom. The number of hydrogen-bond acceptors (Lipinski definition) is 3. The smallest absolute Gasteiger partial charge is 0.195 e. The van der Waals surface area contributed by atoms with Gasteiger partial charge in [-0.05, 0) is 12.0 Å². The maximum Gasteiger partial charge on any atom is 0.281 e. The maximum absolute atomic E-state index is 12.1. The molecule has 1 saturated heterocycles.